The molecule has 100 valence electrons. The Morgan fingerprint density at radius 2 is 2.17 bits per heavy atom. The molecule has 1 aromatic rings. The average molecular weight is 265 g/mol. The fraction of sp³-hybridized carbons (Fsp3) is 0.625. The molecular weight excluding hydrogens is 255 g/mol. The lowest BCUT2D eigenvalue weighted by atomic mass is 10.0. The third-order valence-electron chi connectivity index (χ3n) is 2.22. The highest BCUT2D eigenvalue weighted by Crippen LogP contribution is 2.34. The van der Waals surface area contributed by atoms with E-state index in [1.54, 1.807) is 5.10 Å². The summed E-state index contributed by atoms with van der Waals surface area (Å²) in [7, 11) is 0. The van der Waals surface area contributed by atoms with Crippen molar-refractivity contribution in [3.05, 3.63) is 27.9 Å². The number of aliphatic hydroxyl groups is 2. The van der Waals surface area contributed by atoms with Crippen LogP contribution in [-0.2, 0) is 6.18 Å². The van der Waals surface area contributed by atoms with Gasteiger partial charge in [0.15, 0.2) is 0 Å². The number of hydrogen-bond acceptors (Lipinski definition) is 4. The van der Waals surface area contributed by atoms with Gasteiger partial charge in [-0.1, -0.05) is 5.11 Å². The average Bonchev–Trinajstić information content (AvgIpc) is 2.76. The Kier molecular flexibility index (Phi) is 4.54. The standard InChI is InChI=1S/C8H10F3N5O2/c9-8(10,11)7-4(3-14-15-7)6(18)5(17)1-2-13-16-12/h3,5-6,17-18H,1-2H2,(H,14,15). The lowest BCUT2D eigenvalue weighted by molar-refractivity contribution is -0.143. The maximum atomic E-state index is 12.5. The van der Waals surface area contributed by atoms with E-state index in [0.717, 1.165) is 6.20 Å². The van der Waals surface area contributed by atoms with Gasteiger partial charge in [0.2, 0.25) is 0 Å². The molecule has 0 saturated heterocycles. The number of hydrogen-bond donors (Lipinski definition) is 3. The first-order chi connectivity index (χ1) is 8.38. The molecule has 0 bridgehead atoms. The molecule has 0 amide bonds. The van der Waals surface area contributed by atoms with Crippen LogP contribution in [0.5, 0.6) is 0 Å². The molecule has 10 heteroatoms. The van der Waals surface area contributed by atoms with E-state index in [2.05, 4.69) is 15.1 Å². The Morgan fingerprint density at radius 3 is 2.72 bits per heavy atom. The van der Waals surface area contributed by atoms with E-state index in [1.807, 2.05) is 0 Å². The highest BCUT2D eigenvalue weighted by atomic mass is 19.4. The van der Waals surface area contributed by atoms with Crippen molar-refractivity contribution in [3.63, 3.8) is 0 Å². The number of halogens is 3. The number of azide groups is 1. The highest BCUT2D eigenvalue weighted by Gasteiger charge is 2.38. The molecule has 0 fully saturated rings. The fourth-order valence-corrected chi connectivity index (χ4v) is 1.35. The van der Waals surface area contributed by atoms with Crippen LogP contribution in [-0.4, -0.2) is 33.1 Å². The molecule has 1 aromatic heterocycles. The number of nitrogens with zero attached hydrogens (tertiary/aromatic N) is 4. The molecule has 0 radical (unpaired) electrons. The zero-order valence-corrected chi connectivity index (χ0v) is 8.96. The molecule has 0 aliphatic rings. The van der Waals surface area contributed by atoms with Gasteiger partial charge in [0.25, 0.3) is 0 Å². The van der Waals surface area contributed by atoms with E-state index in [4.69, 9.17) is 5.53 Å². The van der Waals surface area contributed by atoms with Crippen LogP contribution in [0.1, 0.15) is 23.8 Å². The van der Waals surface area contributed by atoms with Gasteiger partial charge in [0.1, 0.15) is 11.8 Å². The molecule has 0 aliphatic carbocycles. The first kappa shape index (κ1) is 14.3. The molecule has 0 spiro atoms. The molecule has 7 nitrogen and oxygen atoms in total. The predicted octanol–water partition coefficient (Wildman–Crippen LogP) is 1.52. The quantitative estimate of drug-likeness (QED) is 0.425. The number of aromatic nitrogens is 2. The summed E-state index contributed by atoms with van der Waals surface area (Å²) in [4.78, 5) is 2.42. The SMILES string of the molecule is [N-]=[N+]=NCCC(O)C(O)c1cn[nH]c1C(F)(F)F. The van der Waals surface area contributed by atoms with Crippen LogP contribution < -0.4 is 0 Å². The van der Waals surface area contributed by atoms with Crippen LogP contribution in [0.4, 0.5) is 13.2 Å². The Morgan fingerprint density at radius 1 is 1.50 bits per heavy atom. The van der Waals surface area contributed by atoms with Gasteiger partial charge in [-0.25, -0.2) is 0 Å². The van der Waals surface area contributed by atoms with Crippen molar-refractivity contribution < 1.29 is 23.4 Å². The normalized spacial score (nSPS) is 14.9. The molecule has 0 aromatic carbocycles. The van der Waals surface area contributed by atoms with Gasteiger partial charge in [-0.2, -0.15) is 18.3 Å². The van der Waals surface area contributed by atoms with Crippen molar-refractivity contribution in [3.8, 4) is 0 Å². The smallest absolute Gasteiger partial charge is 0.390 e. The summed E-state index contributed by atoms with van der Waals surface area (Å²) < 4.78 is 37.4. The summed E-state index contributed by atoms with van der Waals surface area (Å²) in [5.41, 5.74) is 6.25. The zero-order chi connectivity index (χ0) is 13.8. The van der Waals surface area contributed by atoms with E-state index < -0.39 is 29.6 Å². The predicted molar refractivity (Wildman–Crippen MR) is 53.2 cm³/mol. The van der Waals surface area contributed by atoms with Crippen LogP contribution in [0.15, 0.2) is 11.3 Å². The molecule has 0 saturated carbocycles. The number of H-pyrrole nitrogens is 1. The summed E-state index contributed by atoms with van der Waals surface area (Å²) in [5, 5.41) is 27.1. The summed E-state index contributed by atoms with van der Waals surface area (Å²) >= 11 is 0. The zero-order valence-electron chi connectivity index (χ0n) is 8.96. The van der Waals surface area contributed by atoms with Crippen LogP contribution in [0.2, 0.25) is 0 Å². The molecule has 0 aliphatic heterocycles. The lowest BCUT2D eigenvalue weighted by Gasteiger charge is -2.17. The van der Waals surface area contributed by atoms with E-state index in [-0.39, 0.29) is 13.0 Å². The maximum absolute atomic E-state index is 12.5. The van der Waals surface area contributed by atoms with Gasteiger partial charge in [0, 0.05) is 17.0 Å². The summed E-state index contributed by atoms with van der Waals surface area (Å²) in [6.07, 6.45) is -7.29. The molecule has 1 heterocycles. The molecule has 1 rings (SSSR count). The topological polar surface area (TPSA) is 118 Å². The number of nitrogens with one attached hydrogen (secondary N) is 1. The first-order valence-corrected chi connectivity index (χ1v) is 4.85. The number of aliphatic hydroxyl groups excluding tert-OH is 2. The van der Waals surface area contributed by atoms with Crippen molar-refractivity contribution in [2.75, 3.05) is 6.54 Å². The Bertz CT molecular complexity index is 440. The first-order valence-electron chi connectivity index (χ1n) is 4.85. The molecular formula is C8H10F3N5O2. The Labute approximate surface area is 98.9 Å². The third-order valence-corrected chi connectivity index (χ3v) is 2.22. The van der Waals surface area contributed by atoms with Crippen molar-refractivity contribution in [1.29, 1.82) is 0 Å². The fourth-order valence-electron chi connectivity index (χ4n) is 1.35. The third kappa shape index (κ3) is 3.36. The van der Waals surface area contributed by atoms with Gasteiger partial charge in [-0.3, -0.25) is 5.10 Å². The minimum atomic E-state index is -4.70. The molecule has 2 atom stereocenters. The van der Waals surface area contributed by atoms with Gasteiger partial charge < -0.3 is 10.2 Å². The number of alkyl halides is 3. The van der Waals surface area contributed by atoms with Gasteiger partial charge >= 0.3 is 6.18 Å². The van der Waals surface area contributed by atoms with Crippen molar-refractivity contribution in [2.45, 2.75) is 24.8 Å². The van der Waals surface area contributed by atoms with Gasteiger partial charge in [-0.15, -0.1) is 0 Å². The molecule has 3 N–H and O–H groups in total. The van der Waals surface area contributed by atoms with E-state index in [0.29, 0.717) is 0 Å². The van der Waals surface area contributed by atoms with Crippen molar-refractivity contribution >= 4 is 0 Å². The van der Waals surface area contributed by atoms with Crippen LogP contribution >= 0.6 is 0 Å². The van der Waals surface area contributed by atoms with E-state index in [9.17, 15) is 23.4 Å². The minimum Gasteiger partial charge on any atom is -0.390 e. The lowest BCUT2D eigenvalue weighted by Crippen LogP contribution is -2.22. The van der Waals surface area contributed by atoms with Crippen molar-refractivity contribution in [2.24, 2.45) is 5.11 Å². The monoisotopic (exact) mass is 265 g/mol. The van der Waals surface area contributed by atoms with Gasteiger partial charge in [0.05, 0.1) is 12.3 Å². The second-order valence-corrected chi connectivity index (χ2v) is 3.45. The van der Waals surface area contributed by atoms with E-state index >= 15 is 0 Å². The maximum Gasteiger partial charge on any atom is 0.433 e. The summed E-state index contributed by atoms with van der Waals surface area (Å²) in [6, 6.07) is 0. The highest BCUT2D eigenvalue weighted by molar-refractivity contribution is 5.22. The number of aromatic amines is 1. The number of rotatable bonds is 5. The second-order valence-electron chi connectivity index (χ2n) is 3.45. The minimum absolute atomic E-state index is 0.131. The van der Waals surface area contributed by atoms with Crippen molar-refractivity contribution in [1.82, 2.24) is 10.2 Å². The van der Waals surface area contributed by atoms with Crippen LogP contribution in [0, 0.1) is 0 Å². The summed E-state index contributed by atoms with van der Waals surface area (Å²) in [5.74, 6) is 0. The van der Waals surface area contributed by atoms with E-state index in [1.165, 1.54) is 0 Å². The van der Waals surface area contributed by atoms with Gasteiger partial charge in [-0.05, 0) is 12.0 Å². The Balaban J connectivity index is 2.80. The van der Waals surface area contributed by atoms with Crippen LogP contribution in [0.3, 0.4) is 0 Å². The molecule has 18 heavy (non-hydrogen) atoms. The summed E-state index contributed by atoms with van der Waals surface area (Å²) in [6.45, 7) is -0.131. The second kappa shape index (κ2) is 5.71. The van der Waals surface area contributed by atoms with Crippen LogP contribution in [0.25, 0.3) is 10.4 Å². The largest absolute Gasteiger partial charge is 0.433 e. The molecule has 2 unspecified atom stereocenters. The Hall–Kier alpha value is -1.77.